The number of ether oxygens (including phenoxy) is 1. The van der Waals surface area contributed by atoms with E-state index in [1.807, 2.05) is 15.7 Å². The average Bonchev–Trinajstić information content (AvgIpc) is 2.93. The Kier molecular flexibility index (Phi) is 7.57. The van der Waals surface area contributed by atoms with Gasteiger partial charge in [0.15, 0.2) is 5.69 Å². The molecule has 2 saturated heterocycles. The van der Waals surface area contributed by atoms with E-state index in [0.29, 0.717) is 18.3 Å². The summed E-state index contributed by atoms with van der Waals surface area (Å²) in [6.07, 6.45) is 9.49. The highest BCUT2D eigenvalue weighted by Gasteiger charge is 2.31. The molecular formula is C23H37N5O2. The quantitative estimate of drug-likeness (QED) is 0.689. The summed E-state index contributed by atoms with van der Waals surface area (Å²) in [4.78, 5) is 17.8. The molecule has 0 bridgehead atoms. The summed E-state index contributed by atoms with van der Waals surface area (Å²) in [5.74, 6) is 0.130. The van der Waals surface area contributed by atoms with Gasteiger partial charge in [-0.05, 0) is 32.1 Å². The van der Waals surface area contributed by atoms with E-state index in [4.69, 9.17) is 9.84 Å². The molecule has 3 heterocycles. The van der Waals surface area contributed by atoms with Crippen LogP contribution in [0.4, 0.5) is 0 Å². The Bertz CT molecular complexity index is 717. The number of aromatic nitrogens is 2. The van der Waals surface area contributed by atoms with E-state index in [9.17, 15) is 4.79 Å². The van der Waals surface area contributed by atoms with E-state index in [0.717, 1.165) is 84.6 Å². The lowest BCUT2D eigenvalue weighted by Gasteiger charge is -2.29. The van der Waals surface area contributed by atoms with Crippen LogP contribution in [0.25, 0.3) is 0 Å². The third-order valence-corrected chi connectivity index (χ3v) is 6.71. The van der Waals surface area contributed by atoms with Gasteiger partial charge < -0.3 is 15.0 Å². The molecule has 0 unspecified atom stereocenters. The Balaban J connectivity index is 1.42. The van der Waals surface area contributed by atoms with Crippen LogP contribution in [-0.2, 0) is 24.1 Å². The Morgan fingerprint density at radius 1 is 1.17 bits per heavy atom. The third-order valence-electron chi connectivity index (χ3n) is 6.71. The molecule has 2 fully saturated rings. The molecule has 3 aliphatic rings. The SMILES string of the molecule is C=CCn1nc(C(=O)N2CCCCCC2)c2c1CC[C@@H](NCCN1CCOCC1)C2. The van der Waals surface area contributed by atoms with Crippen molar-refractivity contribution >= 4 is 5.91 Å². The minimum atomic E-state index is 0.130. The number of hydrogen-bond acceptors (Lipinski definition) is 5. The average molecular weight is 416 g/mol. The minimum absolute atomic E-state index is 0.130. The van der Waals surface area contributed by atoms with Gasteiger partial charge in [-0.2, -0.15) is 5.10 Å². The normalized spacial score (nSPS) is 23.1. The molecule has 4 rings (SSSR count). The summed E-state index contributed by atoms with van der Waals surface area (Å²) in [5.41, 5.74) is 3.09. The maximum absolute atomic E-state index is 13.4. The van der Waals surface area contributed by atoms with E-state index in [1.165, 1.54) is 24.1 Å². The molecular weight excluding hydrogens is 378 g/mol. The summed E-state index contributed by atoms with van der Waals surface area (Å²) in [6.45, 7) is 12.1. The highest BCUT2D eigenvalue weighted by molar-refractivity contribution is 5.94. The number of rotatable bonds is 7. The van der Waals surface area contributed by atoms with Gasteiger partial charge in [0.2, 0.25) is 0 Å². The summed E-state index contributed by atoms with van der Waals surface area (Å²) < 4.78 is 7.45. The molecule has 30 heavy (non-hydrogen) atoms. The first-order valence-electron chi connectivity index (χ1n) is 11.8. The van der Waals surface area contributed by atoms with Gasteiger partial charge in [-0.3, -0.25) is 14.4 Å². The molecule has 2 aliphatic heterocycles. The fraction of sp³-hybridized carbons (Fsp3) is 0.739. The second-order valence-corrected chi connectivity index (χ2v) is 8.80. The number of amides is 1. The Morgan fingerprint density at radius 3 is 2.67 bits per heavy atom. The summed E-state index contributed by atoms with van der Waals surface area (Å²) in [6, 6.07) is 0.413. The maximum Gasteiger partial charge on any atom is 0.274 e. The van der Waals surface area contributed by atoms with Crippen LogP contribution >= 0.6 is 0 Å². The van der Waals surface area contributed by atoms with E-state index in [-0.39, 0.29) is 5.91 Å². The first kappa shape index (κ1) is 21.5. The molecule has 0 saturated carbocycles. The van der Waals surface area contributed by atoms with Crippen molar-refractivity contribution in [3.8, 4) is 0 Å². The maximum atomic E-state index is 13.4. The van der Waals surface area contributed by atoms with Gasteiger partial charge in [-0.25, -0.2) is 0 Å². The van der Waals surface area contributed by atoms with Crippen LogP contribution in [0.5, 0.6) is 0 Å². The highest BCUT2D eigenvalue weighted by atomic mass is 16.5. The Hall–Kier alpha value is -1.70. The molecule has 1 atom stereocenters. The number of carbonyl (C=O) groups is 1. The molecule has 0 aromatic carbocycles. The fourth-order valence-corrected chi connectivity index (χ4v) is 4.98. The van der Waals surface area contributed by atoms with Crippen LogP contribution in [0.3, 0.4) is 0 Å². The standard InChI is InChI=1S/C23H37N5O2/c1-2-10-28-21-8-7-19(24-9-13-26-14-16-30-17-15-26)18-20(21)22(25-28)23(29)27-11-5-3-4-6-12-27/h2,19,24H,1,3-18H2/t19-/m1/s1. The van der Waals surface area contributed by atoms with Crippen molar-refractivity contribution in [3.05, 3.63) is 29.6 Å². The predicted molar refractivity (Wildman–Crippen MR) is 118 cm³/mol. The van der Waals surface area contributed by atoms with E-state index < -0.39 is 0 Å². The van der Waals surface area contributed by atoms with Gasteiger partial charge in [0, 0.05) is 56.6 Å². The second-order valence-electron chi connectivity index (χ2n) is 8.80. The topological polar surface area (TPSA) is 62.6 Å². The minimum Gasteiger partial charge on any atom is -0.379 e. The molecule has 7 heteroatoms. The first-order valence-corrected chi connectivity index (χ1v) is 11.8. The number of hydrogen-bond donors (Lipinski definition) is 1. The zero-order valence-electron chi connectivity index (χ0n) is 18.3. The number of likely N-dealkylation sites (tertiary alicyclic amines) is 1. The summed E-state index contributed by atoms with van der Waals surface area (Å²) >= 11 is 0. The zero-order valence-corrected chi connectivity index (χ0v) is 18.3. The van der Waals surface area contributed by atoms with Crippen molar-refractivity contribution in [1.29, 1.82) is 0 Å². The predicted octanol–water partition coefficient (Wildman–Crippen LogP) is 1.86. The molecule has 1 aromatic rings. The number of nitrogens with one attached hydrogen (secondary N) is 1. The largest absolute Gasteiger partial charge is 0.379 e. The molecule has 1 N–H and O–H groups in total. The smallest absolute Gasteiger partial charge is 0.274 e. The van der Waals surface area contributed by atoms with E-state index in [2.05, 4.69) is 16.8 Å². The molecule has 0 radical (unpaired) electrons. The lowest BCUT2D eigenvalue weighted by atomic mass is 9.91. The van der Waals surface area contributed by atoms with Crippen LogP contribution in [0.1, 0.15) is 53.8 Å². The number of morpholine rings is 1. The highest BCUT2D eigenvalue weighted by Crippen LogP contribution is 2.27. The van der Waals surface area contributed by atoms with Gasteiger partial charge in [0.05, 0.1) is 19.8 Å². The molecule has 7 nitrogen and oxygen atoms in total. The molecule has 1 amide bonds. The van der Waals surface area contributed by atoms with Crippen molar-refractivity contribution in [2.45, 2.75) is 57.5 Å². The summed E-state index contributed by atoms with van der Waals surface area (Å²) in [7, 11) is 0. The monoisotopic (exact) mass is 415 g/mol. The second kappa shape index (κ2) is 10.6. The van der Waals surface area contributed by atoms with Gasteiger partial charge in [0.25, 0.3) is 5.91 Å². The number of carbonyl (C=O) groups excluding carboxylic acids is 1. The van der Waals surface area contributed by atoms with Crippen LogP contribution in [0.15, 0.2) is 12.7 Å². The van der Waals surface area contributed by atoms with Gasteiger partial charge in [-0.1, -0.05) is 18.9 Å². The molecule has 1 aliphatic carbocycles. The molecule has 0 spiro atoms. The number of allylic oxidation sites excluding steroid dienone is 1. The van der Waals surface area contributed by atoms with Crippen LogP contribution in [0, 0.1) is 0 Å². The van der Waals surface area contributed by atoms with Crippen molar-refractivity contribution in [2.24, 2.45) is 0 Å². The van der Waals surface area contributed by atoms with Gasteiger partial charge in [-0.15, -0.1) is 6.58 Å². The van der Waals surface area contributed by atoms with E-state index >= 15 is 0 Å². The van der Waals surface area contributed by atoms with Gasteiger partial charge in [0.1, 0.15) is 0 Å². The van der Waals surface area contributed by atoms with Gasteiger partial charge >= 0.3 is 0 Å². The lowest BCUT2D eigenvalue weighted by molar-refractivity contribution is 0.0381. The first-order chi connectivity index (χ1) is 14.8. The van der Waals surface area contributed by atoms with E-state index in [1.54, 1.807) is 0 Å². The number of nitrogens with zero attached hydrogens (tertiary/aromatic N) is 4. The van der Waals surface area contributed by atoms with Crippen molar-refractivity contribution in [2.75, 3.05) is 52.5 Å². The summed E-state index contributed by atoms with van der Waals surface area (Å²) in [5, 5.41) is 8.52. The van der Waals surface area contributed by atoms with Crippen molar-refractivity contribution in [3.63, 3.8) is 0 Å². The third kappa shape index (κ3) is 5.13. The molecule has 1 aromatic heterocycles. The number of fused-ring (bicyclic) bond motifs is 1. The zero-order chi connectivity index (χ0) is 20.8. The van der Waals surface area contributed by atoms with Crippen LogP contribution < -0.4 is 5.32 Å². The Morgan fingerprint density at radius 2 is 1.93 bits per heavy atom. The van der Waals surface area contributed by atoms with Crippen molar-refractivity contribution < 1.29 is 9.53 Å². The molecule has 166 valence electrons. The van der Waals surface area contributed by atoms with Crippen LogP contribution in [0.2, 0.25) is 0 Å². The fourth-order valence-electron chi connectivity index (χ4n) is 4.98. The Labute approximate surface area is 180 Å². The lowest BCUT2D eigenvalue weighted by Crippen LogP contribution is -2.43. The van der Waals surface area contributed by atoms with Crippen LogP contribution in [-0.4, -0.2) is 84.0 Å². The van der Waals surface area contributed by atoms with Crippen molar-refractivity contribution in [1.82, 2.24) is 24.9 Å².